The molecule has 2 N–H and O–H groups in total. The number of nitrogens with one attached hydrogen (secondary N) is 1. The molecule has 1 aliphatic carbocycles. The van der Waals surface area contributed by atoms with Crippen molar-refractivity contribution in [3.63, 3.8) is 0 Å². The van der Waals surface area contributed by atoms with Crippen LogP contribution in [-0.4, -0.2) is 23.2 Å². The van der Waals surface area contributed by atoms with Gasteiger partial charge < -0.3 is 10.4 Å². The molecule has 2 rings (SSSR count). The van der Waals surface area contributed by atoms with Crippen molar-refractivity contribution in [1.82, 2.24) is 5.32 Å². The minimum Gasteiger partial charge on any atom is -0.389 e. The van der Waals surface area contributed by atoms with E-state index in [4.69, 9.17) is 0 Å². The van der Waals surface area contributed by atoms with E-state index in [9.17, 15) is 9.90 Å². The van der Waals surface area contributed by atoms with Gasteiger partial charge in [-0.15, -0.1) is 0 Å². The van der Waals surface area contributed by atoms with Gasteiger partial charge in [0.05, 0.1) is 11.5 Å². The van der Waals surface area contributed by atoms with E-state index in [1.165, 1.54) is 0 Å². The Balaban J connectivity index is 2.21. The average molecular weight is 169 g/mol. The van der Waals surface area contributed by atoms with Crippen LogP contribution in [0, 0.1) is 5.92 Å². The summed E-state index contributed by atoms with van der Waals surface area (Å²) in [5.41, 5.74) is -0.666. The molecule has 0 aromatic heterocycles. The van der Waals surface area contributed by atoms with E-state index >= 15 is 0 Å². The molecule has 2 fully saturated rings. The Morgan fingerprint density at radius 2 is 2.17 bits per heavy atom. The van der Waals surface area contributed by atoms with E-state index < -0.39 is 5.60 Å². The van der Waals surface area contributed by atoms with Gasteiger partial charge in [0.15, 0.2) is 0 Å². The Kier molecular flexibility index (Phi) is 1.83. The van der Waals surface area contributed by atoms with Crippen LogP contribution in [-0.2, 0) is 4.79 Å². The SMILES string of the molecule is O=C1NCCCC2(O)CCCC12. The summed E-state index contributed by atoms with van der Waals surface area (Å²) in [6.45, 7) is 0.734. The van der Waals surface area contributed by atoms with Crippen molar-refractivity contribution in [2.75, 3.05) is 6.54 Å². The summed E-state index contributed by atoms with van der Waals surface area (Å²) in [5, 5.41) is 12.9. The van der Waals surface area contributed by atoms with Crippen LogP contribution < -0.4 is 5.32 Å². The summed E-state index contributed by atoms with van der Waals surface area (Å²) >= 11 is 0. The second kappa shape index (κ2) is 2.73. The molecule has 1 amide bonds. The van der Waals surface area contributed by atoms with Crippen molar-refractivity contribution in [2.45, 2.75) is 37.7 Å². The minimum atomic E-state index is -0.666. The third-order valence-corrected chi connectivity index (χ3v) is 3.15. The molecule has 1 saturated carbocycles. The Hall–Kier alpha value is -0.570. The second-order valence-corrected chi connectivity index (χ2v) is 3.94. The molecular formula is C9H15NO2. The largest absolute Gasteiger partial charge is 0.389 e. The molecule has 1 saturated heterocycles. The Labute approximate surface area is 72.2 Å². The highest BCUT2D eigenvalue weighted by Crippen LogP contribution is 2.40. The number of fused-ring (bicyclic) bond motifs is 1. The second-order valence-electron chi connectivity index (χ2n) is 3.94. The van der Waals surface area contributed by atoms with Gasteiger partial charge >= 0.3 is 0 Å². The third kappa shape index (κ3) is 1.12. The van der Waals surface area contributed by atoms with Gasteiger partial charge in [-0.25, -0.2) is 0 Å². The zero-order chi connectivity index (χ0) is 8.60. The maximum absolute atomic E-state index is 11.4. The molecule has 2 unspecified atom stereocenters. The van der Waals surface area contributed by atoms with E-state index in [2.05, 4.69) is 5.32 Å². The fourth-order valence-electron chi connectivity index (χ4n) is 2.46. The van der Waals surface area contributed by atoms with Gasteiger partial charge in [-0.2, -0.15) is 0 Å². The van der Waals surface area contributed by atoms with Crippen LogP contribution in [0.1, 0.15) is 32.1 Å². The first kappa shape index (κ1) is 8.05. The van der Waals surface area contributed by atoms with Gasteiger partial charge in [-0.1, -0.05) is 0 Å². The highest BCUT2D eigenvalue weighted by atomic mass is 16.3. The Morgan fingerprint density at radius 1 is 1.42 bits per heavy atom. The van der Waals surface area contributed by atoms with Crippen molar-refractivity contribution in [3.05, 3.63) is 0 Å². The fraction of sp³-hybridized carbons (Fsp3) is 0.889. The standard InChI is InChI=1S/C9H15NO2/c11-8-7-3-1-4-9(7,12)5-2-6-10-8/h7,12H,1-6H2,(H,10,11). The first-order valence-corrected chi connectivity index (χ1v) is 4.72. The van der Waals surface area contributed by atoms with Crippen molar-refractivity contribution in [3.8, 4) is 0 Å². The molecule has 2 aliphatic rings. The number of amides is 1. The van der Waals surface area contributed by atoms with Crippen molar-refractivity contribution >= 4 is 5.91 Å². The molecule has 2 atom stereocenters. The quantitative estimate of drug-likeness (QED) is 0.552. The summed E-state index contributed by atoms with van der Waals surface area (Å²) in [6, 6.07) is 0. The molecule has 3 nitrogen and oxygen atoms in total. The summed E-state index contributed by atoms with van der Waals surface area (Å²) in [5.74, 6) is -0.0625. The molecule has 0 aromatic carbocycles. The Morgan fingerprint density at radius 3 is 3.00 bits per heavy atom. The third-order valence-electron chi connectivity index (χ3n) is 3.15. The summed E-state index contributed by atoms with van der Waals surface area (Å²) in [6.07, 6.45) is 4.37. The number of carbonyl (C=O) groups excluding carboxylic acids is 1. The van der Waals surface area contributed by atoms with Crippen LogP contribution >= 0.6 is 0 Å². The Bertz CT molecular complexity index is 205. The number of aliphatic hydroxyl groups is 1. The number of hydrogen-bond donors (Lipinski definition) is 2. The molecule has 0 bridgehead atoms. The molecule has 3 heteroatoms. The number of rotatable bonds is 0. The fourth-order valence-corrected chi connectivity index (χ4v) is 2.46. The van der Waals surface area contributed by atoms with Gasteiger partial charge in [0, 0.05) is 6.54 Å². The zero-order valence-electron chi connectivity index (χ0n) is 7.18. The van der Waals surface area contributed by atoms with Crippen LogP contribution in [0.5, 0.6) is 0 Å². The lowest BCUT2D eigenvalue weighted by atomic mass is 9.87. The molecule has 12 heavy (non-hydrogen) atoms. The molecule has 1 heterocycles. The van der Waals surface area contributed by atoms with Gasteiger partial charge in [0.2, 0.25) is 5.91 Å². The average Bonchev–Trinajstić information content (AvgIpc) is 2.36. The van der Waals surface area contributed by atoms with Crippen LogP contribution in [0.15, 0.2) is 0 Å². The van der Waals surface area contributed by atoms with Gasteiger partial charge in [0.25, 0.3) is 0 Å². The van der Waals surface area contributed by atoms with Crippen LogP contribution in [0.3, 0.4) is 0 Å². The minimum absolute atomic E-state index is 0.0625. The molecule has 0 radical (unpaired) electrons. The molecular weight excluding hydrogens is 154 g/mol. The lowest BCUT2D eigenvalue weighted by Gasteiger charge is -2.25. The van der Waals surface area contributed by atoms with E-state index in [1.54, 1.807) is 0 Å². The summed E-state index contributed by atoms with van der Waals surface area (Å²) < 4.78 is 0. The highest BCUT2D eigenvalue weighted by molar-refractivity contribution is 5.80. The lowest BCUT2D eigenvalue weighted by Crippen LogP contribution is -2.40. The van der Waals surface area contributed by atoms with E-state index in [0.29, 0.717) is 0 Å². The van der Waals surface area contributed by atoms with E-state index in [-0.39, 0.29) is 11.8 Å². The van der Waals surface area contributed by atoms with Crippen molar-refractivity contribution in [2.24, 2.45) is 5.92 Å². The molecule has 1 aliphatic heterocycles. The van der Waals surface area contributed by atoms with Crippen LogP contribution in [0.4, 0.5) is 0 Å². The lowest BCUT2D eigenvalue weighted by molar-refractivity contribution is -0.131. The predicted molar refractivity (Wildman–Crippen MR) is 44.5 cm³/mol. The van der Waals surface area contributed by atoms with E-state index in [0.717, 1.165) is 38.6 Å². The number of hydrogen-bond acceptors (Lipinski definition) is 2. The maximum Gasteiger partial charge on any atom is 0.226 e. The first-order chi connectivity index (χ1) is 5.72. The molecule has 0 aromatic rings. The van der Waals surface area contributed by atoms with Gasteiger partial charge in [-0.05, 0) is 32.1 Å². The smallest absolute Gasteiger partial charge is 0.226 e. The summed E-state index contributed by atoms with van der Waals surface area (Å²) in [4.78, 5) is 11.4. The number of carbonyl (C=O) groups is 1. The summed E-state index contributed by atoms with van der Waals surface area (Å²) in [7, 11) is 0. The molecule has 0 spiro atoms. The maximum atomic E-state index is 11.4. The predicted octanol–water partition coefficient (Wildman–Crippen LogP) is 0.428. The van der Waals surface area contributed by atoms with Crippen LogP contribution in [0.25, 0.3) is 0 Å². The van der Waals surface area contributed by atoms with E-state index in [1.807, 2.05) is 0 Å². The first-order valence-electron chi connectivity index (χ1n) is 4.72. The van der Waals surface area contributed by atoms with Crippen molar-refractivity contribution < 1.29 is 9.90 Å². The topological polar surface area (TPSA) is 49.3 Å². The monoisotopic (exact) mass is 169 g/mol. The normalized spacial score (nSPS) is 41.8. The van der Waals surface area contributed by atoms with Crippen molar-refractivity contribution in [1.29, 1.82) is 0 Å². The zero-order valence-corrected chi connectivity index (χ0v) is 7.18. The highest BCUT2D eigenvalue weighted by Gasteiger charge is 2.45. The van der Waals surface area contributed by atoms with Gasteiger partial charge in [-0.3, -0.25) is 4.79 Å². The van der Waals surface area contributed by atoms with Gasteiger partial charge in [0.1, 0.15) is 0 Å². The van der Waals surface area contributed by atoms with Crippen LogP contribution in [0.2, 0.25) is 0 Å². The molecule has 68 valence electrons.